The minimum Gasteiger partial charge on any atom is -0.385 e. The number of rotatable bonds is 8. The average molecular weight is 243 g/mol. The third-order valence-electron chi connectivity index (χ3n) is 2.61. The van der Waals surface area contributed by atoms with Crippen molar-refractivity contribution in [3.8, 4) is 0 Å². The molecule has 1 atom stereocenters. The average Bonchev–Trinajstić information content (AvgIpc) is 2.71. The normalized spacial score (nSPS) is 19.1. The summed E-state index contributed by atoms with van der Waals surface area (Å²) in [5.74, 6) is 0.0752. The van der Waals surface area contributed by atoms with Gasteiger partial charge in [-0.15, -0.1) is 0 Å². The molecule has 6 heteroatoms. The number of ether oxygens (including phenoxy) is 1. The lowest BCUT2D eigenvalue weighted by Crippen LogP contribution is -2.41. The largest absolute Gasteiger partial charge is 0.385 e. The highest BCUT2D eigenvalue weighted by molar-refractivity contribution is 5.79. The molecule has 0 aromatic heterocycles. The molecule has 6 nitrogen and oxygen atoms in total. The van der Waals surface area contributed by atoms with Crippen molar-refractivity contribution >= 4 is 11.8 Å². The van der Waals surface area contributed by atoms with E-state index in [0.29, 0.717) is 32.7 Å². The quantitative estimate of drug-likeness (QED) is 0.478. The molecule has 0 aliphatic carbocycles. The molecule has 17 heavy (non-hydrogen) atoms. The van der Waals surface area contributed by atoms with Crippen LogP contribution in [0.3, 0.4) is 0 Å². The first kappa shape index (κ1) is 13.9. The SMILES string of the molecule is COCCCNC(=O)CNCC1CCC(=O)N1. The first-order valence-electron chi connectivity index (χ1n) is 5.98. The third-order valence-corrected chi connectivity index (χ3v) is 2.61. The molecule has 98 valence electrons. The Hall–Kier alpha value is -1.14. The van der Waals surface area contributed by atoms with Crippen molar-refractivity contribution in [2.24, 2.45) is 0 Å². The van der Waals surface area contributed by atoms with Crippen LogP contribution in [-0.4, -0.2) is 51.2 Å². The van der Waals surface area contributed by atoms with Gasteiger partial charge in [-0.3, -0.25) is 9.59 Å². The van der Waals surface area contributed by atoms with Crippen LogP contribution in [0.4, 0.5) is 0 Å². The Labute approximate surface area is 101 Å². The molecule has 1 heterocycles. The Balaban J connectivity index is 1.95. The molecule has 1 rings (SSSR count). The highest BCUT2D eigenvalue weighted by Crippen LogP contribution is 2.04. The van der Waals surface area contributed by atoms with Crippen LogP contribution in [0.25, 0.3) is 0 Å². The maximum absolute atomic E-state index is 11.3. The number of nitrogens with one attached hydrogen (secondary N) is 3. The van der Waals surface area contributed by atoms with E-state index in [4.69, 9.17) is 4.74 Å². The molecule has 1 unspecified atom stereocenters. The monoisotopic (exact) mass is 243 g/mol. The van der Waals surface area contributed by atoms with Gasteiger partial charge in [0.05, 0.1) is 6.54 Å². The van der Waals surface area contributed by atoms with E-state index in [2.05, 4.69) is 16.0 Å². The number of methoxy groups -OCH3 is 1. The predicted octanol–water partition coefficient (Wildman–Crippen LogP) is -0.993. The molecule has 1 aliphatic heterocycles. The Morgan fingerprint density at radius 1 is 1.59 bits per heavy atom. The van der Waals surface area contributed by atoms with Crippen LogP contribution in [0.1, 0.15) is 19.3 Å². The van der Waals surface area contributed by atoms with Crippen molar-refractivity contribution in [1.29, 1.82) is 0 Å². The van der Waals surface area contributed by atoms with E-state index in [1.807, 2.05) is 0 Å². The van der Waals surface area contributed by atoms with Crippen LogP contribution in [0, 0.1) is 0 Å². The molecule has 0 radical (unpaired) electrons. The van der Waals surface area contributed by atoms with E-state index in [-0.39, 0.29) is 17.9 Å². The smallest absolute Gasteiger partial charge is 0.233 e. The zero-order chi connectivity index (χ0) is 12.5. The summed E-state index contributed by atoms with van der Waals surface area (Å²) in [6, 6.07) is 0.170. The van der Waals surface area contributed by atoms with Crippen molar-refractivity contribution in [2.75, 3.05) is 33.4 Å². The van der Waals surface area contributed by atoms with E-state index in [1.165, 1.54) is 0 Å². The maximum atomic E-state index is 11.3. The first-order chi connectivity index (χ1) is 8.22. The maximum Gasteiger partial charge on any atom is 0.233 e. The minimum absolute atomic E-state index is 0.0228. The fourth-order valence-corrected chi connectivity index (χ4v) is 1.70. The molecular weight excluding hydrogens is 222 g/mol. The lowest BCUT2D eigenvalue weighted by Gasteiger charge is -2.11. The summed E-state index contributed by atoms with van der Waals surface area (Å²) in [5, 5.41) is 8.65. The number of carbonyl (C=O) groups excluding carboxylic acids is 2. The van der Waals surface area contributed by atoms with Crippen LogP contribution < -0.4 is 16.0 Å². The molecular formula is C11H21N3O3. The predicted molar refractivity (Wildman–Crippen MR) is 63.5 cm³/mol. The van der Waals surface area contributed by atoms with Crippen molar-refractivity contribution in [2.45, 2.75) is 25.3 Å². The third kappa shape index (κ3) is 6.23. The van der Waals surface area contributed by atoms with Crippen molar-refractivity contribution in [1.82, 2.24) is 16.0 Å². The second kappa shape index (κ2) is 8.03. The topological polar surface area (TPSA) is 79.5 Å². The van der Waals surface area contributed by atoms with E-state index < -0.39 is 0 Å². The molecule has 0 bridgehead atoms. The van der Waals surface area contributed by atoms with Gasteiger partial charge in [-0.05, 0) is 12.8 Å². The molecule has 3 N–H and O–H groups in total. The first-order valence-corrected chi connectivity index (χ1v) is 5.98. The summed E-state index contributed by atoms with van der Waals surface area (Å²) in [6.45, 7) is 2.23. The summed E-state index contributed by atoms with van der Waals surface area (Å²) in [4.78, 5) is 22.3. The van der Waals surface area contributed by atoms with Crippen molar-refractivity contribution < 1.29 is 14.3 Å². The summed E-state index contributed by atoms with van der Waals surface area (Å²) in [5.41, 5.74) is 0. The zero-order valence-corrected chi connectivity index (χ0v) is 10.3. The molecule has 0 saturated carbocycles. The van der Waals surface area contributed by atoms with Crippen LogP contribution >= 0.6 is 0 Å². The standard InChI is InChI=1S/C11H21N3O3/c1-17-6-2-5-13-11(16)8-12-7-9-3-4-10(15)14-9/h9,12H,2-8H2,1H3,(H,13,16)(H,14,15). The molecule has 0 aromatic carbocycles. The number of hydrogen-bond donors (Lipinski definition) is 3. The van der Waals surface area contributed by atoms with Gasteiger partial charge in [0.2, 0.25) is 11.8 Å². The minimum atomic E-state index is -0.0228. The van der Waals surface area contributed by atoms with E-state index in [0.717, 1.165) is 12.8 Å². The lowest BCUT2D eigenvalue weighted by atomic mass is 10.2. The Morgan fingerprint density at radius 2 is 2.41 bits per heavy atom. The summed E-state index contributed by atoms with van der Waals surface area (Å²) >= 11 is 0. The number of carbonyl (C=O) groups is 2. The van der Waals surface area contributed by atoms with Gasteiger partial charge < -0.3 is 20.7 Å². The Kier molecular flexibility index (Phi) is 6.57. The van der Waals surface area contributed by atoms with Crippen LogP contribution in [0.5, 0.6) is 0 Å². The van der Waals surface area contributed by atoms with Crippen LogP contribution in [-0.2, 0) is 14.3 Å². The number of amides is 2. The second-order valence-corrected chi connectivity index (χ2v) is 4.13. The van der Waals surface area contributed by atoms with Gasteiger partial charge >= 0.3 is 0 Å². The highest BCUT2D eigenvalue weighted by Gasteiger charge is 2.19. The summed E-state index contributed by atoms with van der Waals surface area (Å²) in [6.07, 6.45) is 2.26. The Morgan fingerprint density at radius 3 is 3.06 bits per heavy atom. The van der Waals surface area contributed by atoms with E-state index in [9.17, 15) is 9.59 Å². The van der Waals surface area contributed by atoms with Gasteiger partial charge in [-0.25, -0.2) is 0 Å². The Bertz CT molecular complexity index is 258. The molecule has 1 aliphatic rings. The molecule has 0 spiro atoms. The summed E-state index contributed by atoms with van der Waals surface area (Å²) < 4.78 is 4.88. The van der Waals surface area contributed by atoms with E-state index >= 15 is 0 Å². The zero-order valence-electron chi connectivity index (χ0n) is 10.3. The van der Waals surface area contributed by atoms with Gasteiger partial charge in [0.25, 0.3) is 0 Å². The fourth-order valence-electron chi connectivity index (χ4n) is 1.70. The van der Waals surface area contributed by atoms with Crippen LogP contribution in [0.15, 0.2) is 0 Å². The lowest BCUT2D eigenvalue weighted by molar-refractivity contribution is -0.120. The van der Waals surface area contributed by atoms with Gasteiger partial charge in [-0.1, -0.05) is 0 Å². The van der Waals surface area contributed by atoms with E-state index in [1.54, 1.807) is 7.11 Å². The molecule has 1 saturated heterocycles. The molecule has 0 aromatic rings. The van der Waals surface area contributed by atoms with Gasteiger partial charge in [-0.2, -0.15) is 0 Å². The van der Waals surface area contributed by atoms with Gasteiger partial charge in [0.15, 0.2) is 0 Å². The molecule has 1 fully saturated rings. The van der Waals surface area contributed by atoms with Gasteiger partial charge in [0.1, 0.15) is 0 Å². The fraction of sp³-hybridized carbons (Fsp3) is 0.818. The van der Waals surface area contributed by atoms with Crippen molar-refractivity contribution in [3.05, 3.63) is 0 Å². The van der Waals surface area contributed by atoms with Crippen molar-refractivity contribution in [3.63, 3.8) is 0 Å². The molecule has 2 amide bonds. The van der Waals surface area contributed by atoms with Gasteiger partial charge in [0, 0.05) is 39.3 Å². The highest BCUT2D eigenvalue weighted by atomic mass is 16.5. The second-order valence-electron chi connectivity index (χ2n) is 4.13. The van der Waals surface area contributed by atoms with Crippen LogP contribution in [0.2, 0.25) is 0 Å². The number of hydrogen-bond acceptors (Lipinski definition) is 4. The summed E-state index contributed by atoms with van der Waals surface area (Å²) in [7, 11) is 1.64.